The minimum Gasteiger partial charge on any atom is -0.381 e. The molecule has 1 aliphatic heterocycles. The van der Waals surface area contributed by atoms with Crippen LogP contribution < -0.4 is 0 Å². The monoisotopic (exact) mass is 212 g/mol. The summed E-state index contributed by atoms with van der Waals surface area (Å²) >= 11 is 0. The summed E-state index contributed by atoms with van der Waals surface area (Å²) in [5, 5.41) is 0. The highest BCUT2D eigenvalue weighted by Crippen LogP contribution is 2.39. The fourth-order valence-electron chi connectivity index (χ4n) is 1.84. The van der Waals surface area contributed by atoms with Crippen LogP contribution in [0.1, 0.15) is 40.5 Å². The molecule has 0 bridgehead atoms. The van der Waals surface area contributed by atoms with Gasteiger partial charge in [0.15, 0.2) is 5.78 Å². The van der Waals surface area contributed by atoms with Crippen LogP contribution in [0.25, 0.3) is 0 Å². The van der Waals surface area contributed by atoms with Crippen LogP contribution in [0.2, 0.25) is 0 Å². The Morgan fingerprint density at radius 2 is 2.13 bits per heavy atom. The lowest BCUT2D eigenvalue weighted by Gasteiger charge is -2.30. The lowest BCUT2D eigenvalue weighted by atomic mass is 9.73. The molecule has 15 heavy (non-hydrogen) atoms. The van der Waals surface area contributed by atoms with Gasteiger partial charge in [-0.1, -0.05) is 34.3 Å². The van der Waals surface area contributed by atoms with E-state index in [0.29, 0.717) is 12.3 Å². The number of carbonyl (C=O) groups is 1. The Balaban J connectivity index is 0.000000921. The summed E-state index contributed by atoms with van der Waals surface area (Å²) in [6, 6.07) is 0. The molecule has 0 aliphatic carbocycles. The normalized spacial score (nSPS) is 24.6. The van der Waals surface area contributed by atoms with E-state index in [1.165, 1.54) is 6.08 Å². The summed E-state index contributed by atoms with van der Waals surface area (Å²) in [5.41, 5.74) is 0.0747. The van der Waals surface area contributed by atoms with Gasteiger partial charge in [0.1, 0.15) is 0 Å². The zero-order chi connectivity index (χ0) is 11.9. The minimum absolute atomic E-state index is 0.0747. The van der Waals surface area contributed by atoms with Crippen LogP contribution in [0.15, 0.2) is 12.7 Å². The summed E-state index contributed by atoms with van der Waals surface area (Å²) < 4.78 is 5.38. The van der Waals surface area contributed by atoms with E-state index in [2.05, 4.69) is 20.4 Å². The quantitative estimate of drug-likeness (QED) is 0.669. The third kappa shape index (κ3) is 3.78. The van der Waals surface area contributed by atoms with Crippen molar-refractivity contribution >= 4 is 5.78 Å². The predicted octanol–water partition coefficient (Wildman–Crippen LogP) is 3.22. The van der Waals surface area contributed by atoms with Crippen molar-refractivity contribution in [2.24, 2.45) is 11.3 Å². The molecule has 1 saturated heterocycles. The molecule has 1 atom stereocenters. The van der Waals surface area contributed by atoms with Crippen molar-refractivity contribution in [3.05, 3.63) is 12.7 Å². The van der Waals surface area contributed by atoms with E-state index in [1.807, 2.05) is 13.8 Å². The molecule has 1 aliphatic rings. The van der Waals surface area contributed by atoms with Crippen LogP contribution in [-0.2, 0) is 9.53 Å². The molecule has 0 N–H and O–H groups in total. The SMILES string of the molecule is C=CC(=O)CC1(C(C)C)CCOC1.CC. The summed E-state index contributed by atoms with van der Waals surface area (Å²) in [6.45, 7) is 13.3. The summed E-state index contributed by atoms with van der Waals surface area (Å²) in [7, 11) is 0. The largest absolute Gasteiger partial charge is 0.381 e. The molecule has 1 heterocycles. The average molecular weight is 212 g/mol. The zero-order valence-corrected chi connectivity index (χ0v) is 10.5. The van der Waals surface area contributed by atoms with Gasteiger partial charge in [-0.05, 0) is 18.4 Å². The second-order valence-corrected chi connectivity index (χ2v) is 4.17. The highest BCUT2D eigenvalue weighted by Gasteiger charge is 2.38. The predicted molar refractivity (Wildman–Crippen MR) is 63.9 cm³/mol. The van der Waals surface area contributed by atoms with Crippen LogP contribution in [0.3, 0.4) is 0 Å². The molecule has 2 heteroatoms. The first-order chi connectivity index (χ1) is 7.10. The van der Waals surface area contributed by atoms with Gasteiger partial charge in [-0.2, -0.15) is 0 Å². The van der Waals surface area contributed by atoms with Crippen molar-refractivity contribution in [1.82, 2.24) is 0 Å². The Morgan fingerprint density at radius 3 is 2.47 bits per heavy atom. The molecule has 2 nitrogen and oxygen atoms in total. The van der Waals surface area contributed by atoms with Gasteiger partial charge in [-0.25, -0.2) is 0 Å². The van der Waals surface area contributed by atoms with Gasteiger partial charge in [0, 0.05) is 18.4 Å². The molecular weight excluding hydrogens is 188 g/mol. The number of hydrogen-bond acceptors (Lipinski definition) is 2. The number of ether oxygens (including phenoxy) is 1. The standard InChI is InChI=1S/C11H18O2.C2H6/c1-4-10(12)7-11(9(2)3)5-6-13-8-11;1-2/h4,9H,1,5-8H2,2-3H3;1-2H3. The molecule has 0 radical (unpaired) electrons. The van der Waals surface area contributed by atoms with Crippen molar-refractivity contribution in [2.45, 2.75) is 40.5 Å². The molecule has 1 unspecified atom stereocenters. The molecule has 0 aromatic rings. The Bertz CT molecular complexity index is 201. The van der Waals surface area contributed by atoms with E-state index in [4.69, 9.17) is 4.74 Å². The van der Waals surface area contributed by atoms with Crippen molar-refractivity contribution < 1.29 is 9.53 Å². The van der Waals surface area contributed by atoms with E-state index in [0.717, 1.165) is 19.6 Å². The molecular formula is C13H24O2. The molecule has 88 valence electrons. The Hall–Kier alpha value is -0.630. The van der Waals surface area contributed by atoms with Gasteiger partial charge >= 0.3 is 0 Å². The maximum absolute atomic E-state index is 11.3. The van der Waals surface area contributed by atoms with E-state index < -0.39 is 0 Å². The average Bonchev–Trinajstić information content (AvgIpc) is 2.70. The first-order valence-corrected chi connectivity index (χ1v) is 5.84. The van der Waals surface area contributed by atoms with Gasteiger partial charge < -0.3 is 4.74 Å². The first-order valence-electron chi connectivity index (χ1n) is 5.84. The fourth-order valence-corrected chi connectivity index (χ4v) is 1.84. The second kappa shape index (κ2) is 6.78. The number of ketones is 1. The minimum atomic E-state index is 0.0747. The molecule has 0 aromatic heterocycles. The topological polar surface area (TPSA) is 26.3 Å². The molecule has 1 fully saturated rings. The van der Waals surface area contributed by atoms with Crippen molar-refractivity contribution in [3.8, 4) is 0 Å². The van der Waals surface area contributed by atoms with Crippen molar-refractivity contribution in [3.63, 3.8) is 0 Å². The number of hydrogen-bond donors (Lipinski definition) is 0. The van der Waals surface area contributed by atoms with Gasteiger partial charge in [-0.15, -0.1) is 0 Å². The maximum Gasteiger partial charge on any atom is 0.155 e. The third-order valence-corrected chi connectivity index (χ3v) is 3.11. The lowest BCUT2D eigenvalue weighted by molar-refractivity contribution is -0.117. The smallest absolute Gasteiger partial charge is 0.155 e. The van der Waals surface area contributed by atoms with E-state index in [-0.39, 0.29) is 11.2 Å². The van der Waals surface area contributed by atoms with Crippen LogP contribution in [0.4, 0.5) is 0 Å². The van der Waals surface area contributed by atoms with E-state index in [1.54, 1.807) is 0 Å². The zero-order valence-electron chi connectivity index (χ0n) is 10.5. The Morgan fingerprint density at radius 1 is 1.53 bits per heavy atom. The van der Waals surface area contributed by atoms with Gasteiger partial charge in [0.05, 0.1) is 6.61 Å². The van der Waals surface area contributed by atoms with Crippen LogP contribution in [-0.4, -0.2) is 19.0 Å². The van der Waals surface area contributed by atoms with E-state index in [9.17, 15) is 4.79 Å². The molecule has 0 aromatic carbocycles. The number of carbonyl (C=O) groups excluding carboxylic acids is 1. The second-order valence-electron chi connectivity index (χ2n) is 4.17. The lowest BCUT2D eigenvalue weighted by Crippen LogP contribution is -2.30. The Labute approximate surface area is 93.7 Å². The van der Waals surface area contributed by atoms with Gasteiger partial charge in [-0.3, -0.25) is 4.79 Å². The summed E-state index contributed by atoms with van der Waals surface area (Å²) in [6.07, 6.45) is 3.01. The van der Waals surface area contributed by atoms with Crippen LogP contribution in [0, 0.1) is 11.3 Å². The fraction of sp³-hybridized carbons (Fsp3) is 0.769. The van der Waals surface area contributed by atoms with Crippen LogP contribution in [0.5, 0.6) is 0 Å². The van der Waals surface area contributed by atoms with Crippen molar-refractivity contribution in [2.75, 3.05) is 13.2 Å². The third-order valence-electron chi connectivity index (χ3n) is 3.11. The number of rotatable bonds is 4. The highest BCUT2D eigenvalue weighted by atomic mass is 16.5. The maximum atomic E-state index is 11.3. The summed E-state index contributed by atoms with van der Waals surface area (Å²) in [4.78, 5) is 11.3. The first kappa shape index (κ1) is 14.4. The molecule has 1 rings (SSSR count). The Kier molecular flexibility index (Phi) is 6.50. The highest BCUT2D eigenvalue weighted by molar-refractivity contribution is 5.89. The van der Waals surface area contributed by atoms with Crippen molar-refractivity contribution in [1.29, 1.82) is 0 Å². The molecule has 0 spiro atoms. The molecule has 0 amide bonds. The summed E-state index contributed by atoms with van der Waals surface area (Å²) in [5.74, 6) is 0.637. The van der Waals surface area contributed by atoms with Gasteiger partial charge in [0.2, 0.25) is 0 Å². The molecule has 0 saturated carbocycles. The number of allylic oxidation sites excluding steroid dienone is 1. The van der Waals surface area contributed by atoms with Crippen LogP contribution >= 0.6 is 0 Å². The van der Waals surface area contributed by atoms with Gasteiger partial charge in [0.25, 0.3) is 0 Å². The van der Waals surface area contributed by atoms with E-state index >= 15 is 0 Å².